The van der Waals surface area contributed by atoms with Crippen LogP contribution in [0.25, 0.3) is 0 Å². The molecule has 0 aromatic heterocycles. The number of nitriles is 1. The van der Waals surface area contributed by atoms with Crippen molar-refractivity contribution in [3.8, 4) is 5.40 Å². The first-order chi connectivity index (χ1) is 1.41. The Morgan fingerprint density at radius 1 is 1.75 bits per heavy atom. The third-order valence-corrected chi connectivity index (χ3v) is 0. The first-order valence-electron chi connectivity index (χ1n) is 0.428. The molecular formula is CCrNS-. The van der Waals surface area contributed by atoms with Crippen molar-refractivity contribution in [3.05, 3.63) is 0 Å². The summed E-state index contributed by atoms with van der Waals surface area (Å²) >= 11 is 3.70. The van der Waals surface area contributed by atoms with Gasteiger partial charge in [0.1, 0.15) is 0 Å². The van der Waals surface area contributed by atoms with Crippen molar-refractivity contribution in [1.29, 1.82) is 5.26 Å². The Morgan fingerprint density at radius 3 is 1.75 bits per heavy atom. The van der Waals surface area contributed by atoms with Crippen molar-refractivity contribution in [2.24, 2.45) is 0 Å². The molecule has 0 aromatic rings. The monoisotopic (exact) mass is 110 g/mol. The molecule has 22 valence electrons. The molecule has 0 bridgehead atoms. The SMILES string of the molecule is N#C[S-].[Cr]. The zero-order chi connectivity index (χ0) is 2.71. The molecule has 0 saturated carbocycles. The van der Waals surface area contributed by atoms with Crippen LogP contribution in [0.5, 0.6) is 0 Å². The van der Waals surface area contributed by atoms with Crippen LogP contribution in [0, 0.1) is 10.7 Å². The number of thiocyanates is 1. The number of rotatable bonds is 0. The van der Waals surface area contributed by atoms with Crippen LogP contribution < -0.4 is 0 Å². The first-order valence-corrected chi connectivity index (χ1v) is 0.836. The Morgan fingerprint density at radius 2 is 1.75 bits per heavy atom. The molecule has 0 heterocycles. The van der Waals surface area contributed by atoms with Crippen molar-refractivity contribution in [3.63, 3.8) is 0 Å². The van der Waals surface area contributed by atoms with Crippen LogP contribution in [-0.2, 0) is 30.0 Å². The molecule has 0 N–H and O–H groups in total. The maximum Gasteiger partial charge on any atom is 0 e. The normalized spacial score (nSPS) is 1.75. The summed E-state index contributed by atoms with van der Waals surface area (Å²) in [7, 11) is 0. The van der Waals surface area contributed by atoms with Crippen LogP contribution >= 0.6 is 0 Å². The van der Waals surface area contributed by atoms with Crippen molar-refractivity contribution in [1.82, 2.24) is 0 Å². The summed E-state index contributed by atoms with van der Waals surface area (Å²) in [5, 5.41) is 8.47. The molecule has 1 nitrogen and oxygen atoms in total. The van der Waals surface area contributed by atoms with Gasteiger partial charge in [-0.2, -0.15) is 0 Å². The standard InChI is InChI=1S/CHNS.Cr/c2-1-3;/h3H;/p-1. The summed E-state index contributed by atoms with van der Waals surface area (Å²) in [4.78, 5) is 0. The maximum absolute atomic E-state index is 7.13. The van der Waals surface area contributed by atoms with E-state index in [0.717, 1.165) is 0 Å². The van der Waals surface area contributed by atoms with E-state index in [-0.39, 0.29) is 17.4 Å². The molecule has 0 amide bonds. The molecular weight excluding hydrogens is 110 g/mol. The van der Waals surface area contributed by atoms with Gasteiger partial charge in [0.25, 0.3) is 0 Å². The van der Waals surface area contributed by atoms with E-state index >= 15 is 0 Å². The average Bonchev–Trinajstić information content (AvgIpc) is 0.918. The molecule has 0 atom stereocenters. The summed E-state index contributed by atoms with van der Waals surface area (Å²) in [6.45, 7) is 0. The summed E-state index contributed by atoms with van der Waals surface area (Å²) < 4.78 is 0. The summed E-state index contributed by atoms with van der Waals surface area (Å²) in [6.07, 6.45) is 0. The first kappa shape index (κ1) is 8.87. The van der Waals surface area contributed by atoms with Gasteiger partial charge in [0.05, 0.1) is 0 Å². The fraction of sp³-hybridized carbons (Fsp3) is 0. The minimum Gasteiger partial charge on any atom is -0.696 e. The Bertz CT molecular complexity index is 29.5. The second-order valence-electron chi connectivity index (χ2n) is 0.0913. The van der Waals surface area contributed by atoms with Crippen LogP contribution in [0.15, 0.2) is 0 Å². The van der Waals surface area contributed by atoms with Gasteiger partial charge in [-0.15, -0.1) is 0 Å². The number of hydrogen-bond acceptors (Lipinski definition) is 2. The largest absolute Gasteiger partial charge is 0.696 e. The summed E-state index contributed by atoms with van der Waals surface area (Å²) in [5.74, 6) is 0. The predicted octanol–water partition coefficient (Wildman–Crippen LogP) is 0.0119. The van der Waals surface area contributed by atoms with Gasteiger partial charge in [0, 0.05) is 17.4 Å². The fourth-order valence-electron chi connectivity index (χ4n) is 0. The third kappa shape index (κ3) is 58.9. The smallest absolute Gasteiger partial charge is 0 e. The van der Waals surface area contributed by atoms with Crippen molar-refractivity contribution < 1.29 is 17.4 Å². The second-order valence-corrected chi connectivity index (χ2v) is 0.274. The number of nitrogens with zero attached hydrogens (tertiary/aromatic N) is 1. The molecule has 4 heavy (non-hydrogen) atoms. The van der Waals surface area contributed by atoms with Gasteiger partial charge in [-0.05, 0) is 0 Å². The van der Waals surface area contributed by atoms with Gasteiger partial charge >= 0.3 is 0 Å². The van der Waals surface area contributed by atoms with Crippen LogP contribution in [0.1, 0.15) is 0 Å². The molecule has 0 spiro atoms. The molecule has 3 heteroatoms. The van der Waals surface area contributed by atoms with Crippen LogP contribution in [-0.4, -0.2) is 0 Å². The third-order valence-electron chi connectivity index (χ3n) is 0. The van der Waals surface area contributed by atoms with E-state index in [1.807, 2.05) is 0 Å². The van der Waals surface area contributed by atoms with E-state index in [1.165, 1.54) is 5.40 Å². The molecule has 0 aliphatic heterocycles. The maximum atomic E-state index is 7.13. The molecule has 0 saturated heterocycles. The quantitative estimate of drug-likeness (QED) is 0.324. The van der Waals surface area contributed by atoms with Crippen LogP contribution in [0.2, 0.25) is 0 Å². The predicted molar refractivity (Wildman–Crippen MR) is 13.0 cm³/mol. The Balaban J connectivity index is 0. The zero-order valence-electron chi connectivity index (χ0n) is 1.76. The molecule has 0 rings (SSSR count). The summed E-state index contributed by atoms with van der Waals surface area (Å²) in [5.41, 5.74) is 0. The molecule has 0 radical (unpaired) electrons. The number of hydrogen-bond donors (Lipinski definition) is 0. The second kappa shape index (κ2) is 10.6. The van der Waals surface area contributed by atoms with Crippen LogP contribution in [0.4, 0.5) is 0 Å². The van der Waals surface area contributed by atoms with Crippen molar-refractivity contribution >= 4 is 12.6 Å². The van der Waals surface area contributed by atoms with Gasteiger partial charge in [0.15, 0.2) is 0 Å². The van der Waals surface area contributed by atoms with Gasteiger partial charge in [0.2, 0.25) is 0 Å². The van der Waals surface area contributed by atoms with Gasteiger partial charge in [-0.25, -0.2) is 5.26 Å². The van der Waals surface area contributed by atoms with E-state index in [2.05, 4.69) is 12.6 Å². The Labute approximate surface area is 41.2 Å². The van der Waals surface area contributed by atoms with Gasteiger partial charge in [-0.1, -0.05) is 5.40 Å². The molecule has 0 aromatic carbocycles. The van der Waals surface area contributed by atoms with Crippen molar-refractivity contribution in [2.45, 2.75) is 0 Å². The van der Waals surface area contributed by atoms with E-state index in [1.54, 1.807) is 0 Å². The van der Waals surface area contributed by atoms with Crippen molar-refractivity contribution in [2.75, 3.05) is 0 Å². The topological polar surface area (TPSA) is 23.8 Å². The average molecular weight is 110 g/mol. The van der Waals surface area contributed by atoms with E-state index in [4.69, 9.17) is 5.26 Å². The zero-order valence-corrected chi connectivity index (χ0v) is 3.86. The minimum atomic E-state index is 0. The van der Waals surface area contributed by atoms with Crippen LogP contribution in [0.3, 0.4) is 0 Å². The van der Waals surface area contributed by atoms with E-state index < -0.39 is 0 Å². The van der Waals surface area contributed by atoms with Gasteiger partial charge in [-0.3, -0.25) is 0 Å². The van der Waals surface area contributed by atoms with E-state index in [9.17, 15) is 0 Å². The minimum absolute atomic E-state index is 0. The molecule has 0 unspecified atom stereocenters. The Kier molecular flexibility index (Phi) is 23.4. The van der Waals surface area contributed by atoms with Gasteiger partial charge < -0.3 is 12.6 Å². The molecule has 0 aliphatic carbocycles. The van der Waals surface area contributed by atoms with E-state index in [0.29, 0.717) is 0 Å². The molecule has 0 aliphatic rings. The fourth-order valence-corrected chi connectivity index (χ4v) is 0. The summed E-state index contributed by atoms with van der Waals surface area (Å²) in [6, 6.07) is 0. The molecule has 0 fully saturated rings. The Hall–Kier alpha value is 0.242.